The van der Waals surface area contributed by atoms with Crippen LogP contribution in [0.5, 0.6) is 5.75 Å². The molecule has 2 nitrogen and oxygen atoms in total. The molecule has 0 amide bonds. The maximum Gasteiger partial charge on any atom is 0.185 e. The Balaban J connectivity index is 2.19. The van der Waals surface area contributed by atoms with Gasteiger partial charge in [-0.05, 0) is 42.2 Å². The van der Waals surface area contributed by atoms with E-state index in [0.29, 0.717) is 5.56 Å². The van der Waals surface area contributed by atoms with Crippen molar-refractivity contribution in [2.45, 2.75) is 4.90 Å². The predicted octanol–water partition coefficient (Wildman–Crippen LogP) is 5.08. The van der Waals surface area contributed by atoms with Gasteiger partial charge in [0.05, 0.1) is 7.11 Å². The molecule has 2 aromatic carbocycles. The molecule has 0 aliphatic rings. The van der Waals surface area contributed by atoms with Crippen LogP contribution in [0.4, 0.5) is 0 Å². The normalized spacial score (nSPS) is 10.8. The van der Waals surface area contributed by atoms with Crippen LogP contribution in [-0.4, -0.2) is 19.1 Å². The van der Waals surface area contributed by atoms with E-state index in [1.807, 2.05) is 42.7 Å². The molecule has 0 atom stereocenters. The van der Waals surface area contributed by atoms with Crippen molar-refractivity contribution in [2.75, 3.05) is 13.4 Å². The van der Waals surface area contributed by atoms with Crippen molar-refractivity contribution in [3.63, 3.8) is 0 Å². The van der Waals surface area contributed by atoms with Crippen molar-refractivity contribution in [1.29, 1.82) is 0 Å². The van der Waals surface area contributed by atoms with E-state index < -0.39 is 0 Å². The zero-order valence-corrected chi connectivity index (χ0v) is 14.2. The van der Waals surface area contributed by atoms with Gasteiger partial charge in [-0.1, -0.05) is 40.2 Å². The fourth-order valence-corrected chi connectivity index (χ4v) is 2.81. The van der Waals surface area contributed by atoms with Crippen molar-refractivity contribution in [1.82, 2.24) is 0 Å². The highest BCUT2D eigenvalue weighted by molar-refractivity contribution is 9.10. The van der Waals surface area contributed by atoms with Gasteiger partial charge >= 0.3 is 0 Å². The SMILES string of the molecule is COc1cc(/C=C/C(=O)c2cccc(Br)c2)ccc1SC. The summed E-state index contributed by atoms with van der Waals surface area (Å²) in [5, 5.41) is 0. The average molecular weight is 363 g/mol. The number of hydrogen-bond acceptors (Lipinski definition) is 3. The number of methoxy groups -OCH3 is 1. The van der Waals surface area contributed by atoms with E-state index in [2.05, 4.69) is 15.9 Å². The van der Waals surface area contributed by atoms with Gasteiger partial charge in [-0.2, -0.15) is 0 Å². The second-order valence-corrected chi connectivity index (χ2v) is 6.09. The number of carbonyl (C=O) groups excluding carboxylic acids is 1. The number of hydrogen-bond donors (Lipinski definition) is 0. The number of ketones is 1. The number of ether oxygens (including phenoxy) is 1. The molecule has 0 bridgehead atoms. The van der Waals surface area contributed by atoms with E-state index in [4.69, 9.17) is 4.74 Å². The third-order valence-electron chi connectivity index (χ3n) is 2.94. The van der Waals surface area contributed by atoms with Crippen LogP contribution in [0.3, 0.4) is 0 Å². The van der Waals surface area contributed by atoms with E-state index >= 15 is 0 Å². The standard InChI is InChI=1S/C17H15BrO2S/c1-20-16-10-12(7-9-17(16)21-2)6-8-15(19)13-4-3-5-14(18)11-13/h3-11H,1-2H3/b8-6+. The summed E-state index contributed by atoms with van der Waals surface area (Å²) in [6, 6.07) is 13.2. The Labute approximate surface area is 137 Å². The first-order chi connectivity index (χ1) is 10.1. The van der Waals surface area contributed by atoms with Gasteiger partial charge in [-0.3, -0.25) is 4.79 Å². The second kappa shape index (κ2) is 7.48. The lowest BCUT2D eigenvalue weighted by Crippen LogP contribution is -1.93. The number of carbonyl (C=O) groups is 1. The van der Waals surface area contributed by atoms with Gasteiger partial charge < -0.3 is 4.74 Å². The Kier molecular flexibility index (Phi) is 5.65. The summed E-state index contributed by atoms with van der Waals surface area (Å²) in [5.74, 6) is 0.795. The monoisotopic (exact) mass is 362 g/mol. The van der Waals surface area contributed by atoms with E-state index in [9.17, 15) is 4.79 Å². The van der Waals surface area contributed by atoms with Gasteiger partial charge in [0, 0.05) is 14.9 Å². The molecule has 0 heterocycles. The van der Waals surface area contributed by atoms with Crippen molar-refractivity contribution in [2.24, 2.45) is 0 Å². The fourth-order valence-electron chi connectivity index (χ4n) is 1.87. The van der Waals surface area contributed by atoms with Gasteiger partial charge in [0.2, 0.25) is 0 Å². The molecule has 0 unspecified atom stereocenters. The van der Waals surface area contributed by atoms with Crippen LogP contribution in [0.1, 0.15) is 15.9 Å². The molecule has 0 aromatic heterocycles. The molecule has 2 rings (SSSR count). The third-order valence-corrected chi connectivity index (χ3v) is 4.21. The van der Waals surface area contributed by atoms with Crippen LogP contribution in [0.2, 0.25) is 0 Å². The molecule has 0 N–H and O–H groups in total. The Hall–Kier alpha value is -1.52. The molecule has 4 heteroatoms. The van der Waals surface area contributed by atoms with E-state index in [1.54, 1.807) is 37.1 Å². The highest BCUT2D eigenvalue weighted by Crippen LogP contribution is 2.28. The molecule has 0 fully saturated rings. The number of rotatable bonds is 5. The molecule has 0 radical (unpaired) electrons. The van der Waals surface area contributed by atoms with Gasteiger partial charge in [0.25, 0.3) is 0 Å². The molecule has 21 heavy (non-hydrogen) atoms. The van der Waals surface area contributed by atoms with Crippen LogP contribution in [-0.2, 0) is 0 Å². The van der Waals surface area contributed by atoms with Crippen molar-refractivity contribution >= 4 is 39.6 Å². The van der Waals surface area contributed by atoms with E-state index in [1.165, 1.54) is 0 Å². The molecular weight excluding hydrogens is 348 g/mol. The molecule has 0 spiro atoms. The van der Waals surface area contributed by atoms with Crippen molar-refractivity contribution < 1.29 is 9.53 Å². The first-order valence-corrected chi connectivity index (χ1v) is 8.36. The lowest BCUT2D eigenvalue weighted by Gasteiger charge is -2.06. The zero-order valence-electron chi connectivity index (χ0n) is 11.8. The maximum atomic E-state index is 12.1. The van der Waals surface area contributed by atoms with Crippen LogP contribution in [0.25, 0.3) is 6.08 Å². The number of thioether (sulfide) groups is 1. The third kappa shape index (κ3) is 4.22. The van der Waals surface area contributed by atoms with Crippen molar-refractivity contribution in [3.05, 3.63) is 64.1 Å². The molecule has 0 saturated carbocycles. The lowest BCUT2D eigenvalue weighted by atomic mass is 10.1. The van der Waals surface area contributed by atoms with Gasteiger partial charge in [0.1, 0.15) is 5.75 Å². The Morgan fingerprint density at radius 1 is 1.24 bits per heavy atom. The quantitative estimate of drug-likeness (QED) is 0.421. The van der Waals surface area contributed by atoms with Gasteiger partial charge in [0.15, 0.2) is 5.78 Å². The van der Waals surface area contributed by atoms with Gasteiger partial charge in [-0.25, -0.2) is 0 Å². The average Bonchev–Trinajstić information content (AvgIpc) is 2.52. The number of halogens is 1. The number of benzene rings is 2. The predicted molar refractivity (Wildman–Crippen MR) is 92.3 cm³/mol. The minimum absolute atomic E-state index is 0.0239. The van der Waals surface area contributed by atoms with E-state index in [0.717, 1.165) is 20.7 Å². The second-order valence-electron chi connectivity index (χ2n) is 4.32. The summed E-state index contributed by atoms with van der Waals surface area (Å²) in [4.78, 5) is 13.2. The maximum absolute atomic E-state index is 12.1. The van der Waals surface area contributed by atoms with Crippen LogP contribution in [0, 0.1) is 0 Å². The Morgan fingerprint density at radius 2 is 2.05 bits per heavy atom. The largest absolute Gasteiger partial charge is 0.496 e. The Bertz CT molecular complexity index is 680. The first kappa shape index (κ1) is 15.9. The van der Waals surface area contributed by atoms with E-state index in [-0.39, 0.29) is 5.78 Å². The minimum Gasteiger partial charge on any atom is -0.496 e. The molecule has 0 saturated heterocycles. The highest BCUT2D eigenvalue weighted by atomic mass is 79.9. The highest BCUT2D eigenvalue weighted by Gasteiger charge is 2.04. The Morgan fingerprint density at radius 3 is 2.71 bits per heavy atom. The topological polar surface area (TPSA) is 26.3 Å². The fraction of sp³-hybridized carbons (Fsp3) is 0.118. The summed E-state index contributed by atoms with van der Waals surface area (Å²) in [6.45, 7) is 0. The molecule has 2 aromatic rings. The van der Waals surface area contributed by atoms with Gasteiger partial charge in [-0.15, -0.1) is 11.8 Å². The summed E-state index contributed by atoms with van der Waals surface area (Å²) >= 11 is 5.00. The minimum atomic E-state index is -0.0239. The first-order valence-electron chi connectivity index (χ1n) is 6.34. The zero-order chi connectivity index (χ0) is 15.2. The smallest absolute Gasteiger partial charge is 0.185 e. The molecular formula is C17H15BrO2S. The van der Waals surface area contributed by atoms with Crippen molar-refractivity contribution in [3.8, 4) is 5.75 Å². The van der Waals surface area contributed by atoms with Crippen LogP contribution >= 0.6 is 27.7 Å². The number of allylic oxidation sites excluding steroid dienone is 1. The molecule has 0 aliphatic carbocycles. The summed E-state index contributed by atoms with van der Waals surface area (Å²) in [5.41, 5.74) is 1.60. The summed E-state index contributed by atoms with van der Waals surface area (Å²) in [6.07, 6.45) is 5.38. The lowest BCUT2D eigenvalue weighted by molar-refractivity contribution is 0.104. The van der Waals surface area contributed by atoms with Crippen LogP contribution < -0.4 is 4.74 Å². The summed E-state index contributed by atoms with van der Waals surface area (Å²) < 4.78 is 6.23. The van der Waals surface area contributed by atoms with Crippen LogP contribution in [0.15, 0.2) is 57.9 Å². The molecule has 0 aliphatic heterocycles. The summed E-state index contributed by atoms with van der Waals surface area (Å²) in [7, 11) is 1.65. The molecule has 108 valence electrons.